The topological polar surface area (TPSA) is 104 Å². The highest BCUT2D eigenvalue weighted by Crippen LogP contribution is 2.38. The van der Waals surface area contributed by atoms with E-state index >= 15 is 0 Å². The summed E-state index contributed by atoms with van der Waals surface area (Å²) in [6.45, 7) is 3.80. The number of rotatable bonds is 4. The summed E-state index contributed by atoms with van der Waals surface area (Å²) >= 11 is 0. The maximum Gasteiger partial charge on any atom is 0.379 e. The molecule has 2 aromatic heterocycles. The van der Waals surface area contributed by atoms with E-state index in [1.165, 1.54) is 6.20 Å². The van der Waals surface area contributed by atoms with Crippen molar-refractivity contribution >= 4 is 16.4 Å². The van der Waals surface area contributed by atoms with Crippen molar-refractivity contribution in [2.24, 2.45) is 0 Å². The van der Waals surface area contributed by atoms with Gasteiger partial charge in [-0.05, 0) is 35.9 Å². The molecule has 1 aromatic carbocycles. The number of benzene rings is 1. The van der Waals surface area contributed by atoms with Crippen LogP contribution < -0.4 is 9.47 Å². The normalized spacial score (nSPS) is 13.0. The van der Waals surface area contributed by atoms with Crippen LogP contribution >= 0.6 is 0 Å². The van der Waals surface area contributed by atoms with Gasteiger partial charge in [-0.25, -0.2) is 4.98 Å². The van der Waals surface area contributed by atoms with Crippen molar-refractivity contribution < 1.29 is 22.4 Å². The van der Waals surface area contributed by atoms with E-state index < -0.39 is 10.3 Å². The summed E-state index contributed by atoms with van der Waals surface area (Å²) in [4.78, 5) is 4.39. The molecule has 0 fully saturated rings. The van der Waals surface area contributed by atoms with Crippen LogP contribution in [0.4, 0.5) is 0 Å². The number of hydrogen-bond acceptors (Lipinski definition) is 6. The lowest BCUT2D eigenvalue weighted by Crippen LogP contribution is -2.11. The largest absolute Gasteiger partial charge is 0.454 e. The second-order valence-electron chi connectivity index (χ2n) is 5.46. The van der Waals surface area contributed by atoms with Crippen LogP contribution in [0.15, 0.2) is 49.2 Å². The Hall–Kier alpha value is -3.17. The zero-order valence-electron chi connectivity index (χ0n) is 13.4. The standard InChI is InChI=1S/C17H13N3O5S/c1-2-12-4-3-5-14(18-12)17-13(9-20(19-17)26(21,22)23)11-6-7-15-16(8-11)25-10-24-15/h2-9H,1,10H2,(H,21,22,23). The number of ether oxygens (including phenoxy) is 2. The predicted octanol–water partition coefficient (Wildman–Crippen LogP) is 2.63. The number of nitrogens with zero attached hydrogens (tertiary/aromatic N) is 3. The van der Waals surface area contributed by atoms with Crippen LogP contribution in [-0.2, 0) is 10.3 Å². The summed E-state index contributed by atoms with van der Waals surface area (Å²) in [6.07, 6.45) is 2.80. The summed E-state index contributed by atoms with van der Waals surface area (Å²) in [5, 5.41) is 4.01. The van der Waals surface area contributed by atoms with Crippen LogP contribution in [0, 0.1) is 0 Å². The van der Waals surface area contributed by atoms with E-state index in [2.05, 4.69) is 16.7 Å². The van der Waals surface area contributed by atoms with E-state index in [4.69, 9.17) is 9.47 Å². The molecule has 4 rings (SSSR count). The van der Waals surface area contributed by atoms with Gasteiger partial charge in [0, 0.05) is 5.56 Å². The van der Waals surface area contributed by atoms with Gasteiger partial charge in [0.2, 0.25) is 6.79 Å². The Morgan fingerprint density at radius 2 is 2.00 bits per heavy atom. The number of hydrogen-bond donors (Lipinski definition) is 1. The van der Waals surface area contributed by atoms with E-state index in [1.54, 1.807) is 42.5 Å². The lowest BCUT2D eigenvalue weighted by Gasteiger charge is -2.04. The quantitative estimate of drug-likeness (QED) is 0.703. The Labute approximate surface area is 149 Å². The SMILES string of the molecule is C=Cc1cccc(-c2nn(S(=O)(=O)O)cc2-c2ccc3c(c2)OCO3)n1. The average molecular weight is 371 g/mol. The first kappa shape index (κ1) is 16.3. The highest BCUT2D eigenvalue weighted by atomic mass is 32.2. The zero-order chi connectivity index (χ0) is 18.3. The third-order valence-corrected chi connectivity index (χ3v) is 4.50. The van der Waals surface area contributed by atoms with Crippen LogP contribution in [0.5, 0.6) is 11.5 Å². The van der Waals surface area contributed by atoms with Crippen molar-refractivity contribution in [3.8, 4) is 34.0 Å². The van der Waals surface area contributed by atoms with Crippen LogP contribution in [0.2, 0.25) is 0 Å². The van der Waals surface area contributed by atoms with Crippen LogP contribution in [-0.4, -0.2) is 33.9 Å². The van der Waals surface area contributed by atoms with Crippen molar-refractivity contribution in [3.63, 3.8) is 0 Å². The van der Waals surface area contributed by atoms with Crippen LogP contribution in [0.1, 0.15) is 5.69 Å². The Morgan fingerprint density at radius 3 is 2.77 bits per heavy atom. The number of fused-ring (bicyclic) bond motifs is 1. The molecule has 0 radical (unpaired) electrons. The molecule has 132 valence electrons. The van der Waals surface area contributed by atoms with Gasteiger partial charge in [-0.3, -0.25) is 4.55 Å². The fourth-order valence-corrected chi connectivity index (χ4v) is 3.06. The minimum Gasteiger partial charge on any atom is -0.454 e. The molecule has 0 spiro atoms. The fourth-order valence-electron chi connectivity index (χ4n) is 2.63. The van der Waals surface area contributed by atoms with E-state index in [0.717, 1.165) is 0 Å². The molecule has 0 unspecified atom stereocenters. The van der Waals surface area contributed by atoms with Gasteiger partial charge in [0.25, 0.3) is 0 Å². The van der Waals surface area contributed by atoms with Gasteiger partial charge < -0.3 is 9.47 Å². The van der Waals surface area contributed by atoms with E-state index in [0.29, 0.717) is 43.8 Å². The van der Waals surface area contributed by atoms with Gasteiger partial charge in [-0.2, -0.15) is 13.5 Å². The molecular formula is C17H13N3O5S. The maximum absolute atomic E-state index is 11.5. The second-order valence-corrected chi connectivity index (χ2v) is 6.73. The van der Waals surface area contributed by atoms with Crippen molar-refractivity contribution in [2.75, 3.05) is 6.79 Å². The lowest BCUT2D eigenvalue weighted by molar-refractivity contribution is 0.174. The molecule has 0 amide bonds. The predicted molar refractivity (Wildman–Crippen MR) is 94.1 cm³/mol. The fraction of sp³-hybridized carbons (Fsp3) is 0.0588. The molecule has 8 nitrogen and oxygen atoms in total. The van der Waals surface area contributed by atoms with Gasteiger partial charge in [0.1, 0.15) is 5.69 Å². The van der Waals surface area contributed by atoms with E-state index in [9.17, 15) is 13.0 Å². The number of aromatic nitrogens is 3. The van der Waals surface area contributed by atoms with Crippen molar-refractivity contribution in [1.82, 2.24) is 14.2 Å². The zero-order valence-corrected chi connectivity index (χ0v) is 14.2. The summed E-state index contributed by atoms with van der Waals surface area (Å²) in [7, 11) is -4.55. The Morgan fingerprint density at radius 1 is 1.19 bits per heavy atom. The third-order valence-electron chi connectivity index (χ3n) is 3.84. The molecule has 0 atom stereocenters. The highest BCUT2D eigenvalue weighted by molar-refractivity contribution is 7.84. The van der Waals surface area contributed by atoms with Crippen molar-refractivity contribution in [2.45, 2.75) is 0 Å². The van der Waals surface area contributed by atoms with E-state index in [1.807, 2.05) is 0 Å². The van der Waals surface area contributed by atoms with Gasteiger partial charge in [0.05, 0.1) is 17.6 Å². The first-order chi connectivity index (χ1) is 12.5. The molecule has 1 aliphatic heterocycles. The summed E-state index contributed by atoms with van der Waals surface area (Å²) in [6, 6.07) is 10.4. The molecule has 0 saturated carbocycles. The highest BCUT2D eigenvalue weighted by Gasteiger charge is 2.21. The molecule has 26 heavy (non-hydrogen) atoms. The van der Waals surface area contributed by atoms with Crippen molar-refractivity contribution in [1.29, 1.82) is 0 Å². The first-order valence-electron chi connectivity index (χ1n) is 7.53. The van der Waals surface area contributed by atoms with E-state index in [-0.39, 0.29) is 6.79 Å². The van der Waals surface area contributed by atoms with Gasteiger partial charge in [0.15, 0.2) is 11.5 Å². The number of pyridine rings is 1. The molecule has 0 bridgehead atoms. The molecule has 1 aliphatic rings. The van der Waals surface area contributed by atoms with Crippen LogP contribution in [0.3, 0.4) is 0 Å². The van der Waals surface area contributed by atoms with Gasteiger partial charge >= 0.3 is 10.3 Å². The molecule has 9 heteroatoms. The van der Waals surface area contributed by atoms with Crippen molar-refractivity contribution in [3.05, 3.63) is 54.9 Å². The summed E-state index contributed by atoms with van der Waals surface area (Å²) in [5.74, 6) is 1.14. The smallest absolute Gasteiger partial charge is 0.379 e. The molecule has 0 saturated heterocycles. The average Bonchev–Trinajstić information content (AvgIpc) is 3.27. The molecule has 3 aromatic rings. The Bertz CT molecular complexity index is 1120. The minimum atomic E-state index is -4.55. The molecule has 1 N–H and O–H groups in total. The summed E-state index contributed by atoms with van der Waals surface area (Å²) < 4.78 is 43.6. The van der Waals surface area contributed by atoms with Gasteiger partial charge in [-0.15, -0.1) is 4.09 Å². The third kappa shape index (κ3) is 2.83. The second kappa shape index (κ2) is 5.97. The van der Waals surface area contributed by atoms with Gasteiger partial charge in [-0.1, -0.05) is 18.7 Å². The first-order valence-corrected chi connectivity index (χ1v) is 8.93. The lowest BCUT2D eigenvalue weighted by atomic mass is 10.0. The molecule has 3 heterocycles. The molecule has 0 aliphatic carbocycles. The Kier molecular flexibility index (Phi) is 3.74. The maximum atomic E-state index is 11.5. The molecular weight excluding hydrogens is 358 g/mol. The minimum absolute atomic E-state index is 0.124. The summed E-state index contributed by atoms with van der Waals surface area (Å²) in [5.41, 5.74) is 2.46. The Balaban J connectivity index is 1.93. The van der Waals surface area contributed by atoms with Crippen LogP contribution in [0.25, 0.3) is 28.6 Å². The monoisotopic (exact) mass is 371 g/mol.